The maximum absolute atomic E-state index is 13.0. The van der Waals surface area contributed by atoms with Crippen molar-refractivity contribution in [2.75, 3.05) is 0 Å². The van der Waals surface area contributed by atoms with Crippen LogP contribution in [0.1, 0.15) is 22.8 Å². The van der Waals surface area contributed by atoms with E-state index >= 15 is 0 Å². The second-order valence-corrected chi connectivity index (χ2v) is 3.84. The van der Waals surface area contributed by atoms with Gasteiger partial charge in [0.15, 0.2) is 0 Å². The topological polar surface area (TPSA) is 33.1 Å². The van der Waals surface area contributed by atoms with E-state index in [0.717, 1.165) is 6.20 Å². The molecule has 0 saturated carbocycles. The highest BCUT2D eigenvalue weighted by atomic mass is 19.1. The summed E-state index contributed by atoms with van der Waals surface area (Å²) < 4.78 is 25.9. The molecule has 1 N–H and O–H groups in total. The Morgan fingerprint density at radius 1 is 1.12 bits per heavy atom. The van der Waals surface area contributed by atoms with Gasteiger partial charge in [-0.15, -0.1) is 0 Å². The molecule has 2 nitrogen and oxygen atoms in total. The van der Waals surface area contributed by atoms with Crippen molar-refractivity contribution in [3.05, 3.63) is 65.0 Å². The van der Waals surface area contributed by atoms with Crippen molar-refractivity contribution in [3.8, 4) is 0 Å². The van der Waals surface area contributed by atoms with Crippen molar-refractivity contribution in [1.29, 1.82) is 0 Å². The van der Waals surface area contributed by atoms with Crippen molar-refractivity contribution in [1.82, 2.24) is 4.98 Å². The number of aromatic nitrogens is 1. The molecule has 1 heterocycles. The number of hydrogen-bond donors (Lipinski definition) is 1. The molecular formula is C13H11F2NO. The van der Waals surface area contributed by atoms with Crippen LogP contribution in [0.4, 0.5) is 8.78 Å². The Bertz CT molecular complexity index is 543. The van der Waals surface area contributed by atoms with Crippen molar-refractivity contribution in [3.63, 3.8) is 0 Å². The van der Waals surface area contributed by atoms with E-state index in [1.807, 2.05) is 0 Å². The molecule has 1 unspecified atom stereocenters. The Balaban J connectivity index is 2.40. The van der Waals surface area contributed by atoms with Gasteiger partial charge in [0, 0.05) is 11.8 Å². The molecule has 2 aromatic rings. The minimum atomic E-state index is -1.00. The molecule has 88 valence electrons. The molecule has 1 aromatic heterocycles. The Labute approximate surface area is 97.6 Å². The van der Waals surface area contributed by atoms with Gasteiger partial charge in [0.1, 0.15) is 17.7 Å². The Morgan fingerprint density at radius 3 is 2.53 bits per heavy atom. The second kappa shape index (κ2) is 4.59. The molecule has 0 spiro atoms. The zero-order chi connectivity index (χ0) is 12.4. The maximum Gasteiger partial charge on any atom is 0.141 e. The largest absolute Gasteiger partial charge is 0.384 e. The summed E-state index contributed by atoms with van der Waals surface area (Å²) >= 11 is 0. The number of halogens is 2. The molecule has 0 radical (unpaired) electrons. The Hall–Kier alpha value is -1.81. The molecule has 0 aliphatic carbocycles. The third kappa shape index (κ3) is 2.47. The molecule has 2 rings (SSSR count). The molecule has 0 aliphatic heterocycles. The van der Waals surface area contributed by atoms with Crippen molar-refractivity contribution < 1.29 is 13.9 Å². The number of aliphatic hydroxyl groups is 1. The van der Waals surface area contributed by atoms with Gasteiger partial charge in [-0.2, -0.15) is 0 Å². The van der Waals surface area contributed by atoms with Crippen LogP contribution in [0.15, 0.2) is 36.7 Å². The fraction of sp³-hybridized carbons (Fsp3) is 0.154. The molecule has 0 aliphatic rings. The third-order valence-corrected chi connectivity index (χ3v) is 2.57. The number of benzene rings is 1. The van der Waals surface area contributed by atoms with Gasteiger partial charge in [-0.05, 0) is 36.2 Å². The van der Waals surface area contributed by atoms with Crippen molar-refractivity contribution in [2.24, 2.45) is 0 Å². The summed E-state index contributed by atoms with van der Waals surface area (Å²) in [4.78, 5) is 3.67. The first-order valence-electron chi connectivity index (χ1n) is 5.12. The quantitative estimate of drug-likeness (QED) is 0.868. The fourth-order valence-electron chi connectivity index (χ4n) is 1.70. The SMILES string of the molecule is Cc1cc(F)ccc1C(O)c1cncc(F)c1. The summed E-state index contributed by atoms with van der Waals surface area (Å²) in [5.74, 6) is -0.878. The average Bonchev–Trinajstić information content (AvgIpc) is 2.28. The summed E-state index contributed by atoms with van der Waals surface area (Å²) in [6.45, 7) is 1.69. The van der Waals surface area contributed by atoms with Crippen LogP contribution < -0.4 is 0 Å². The number of pyridine rings is 1. The van der Waals surface area contributed by atoms with Crippen LogP contribution in [0.25, 0.3) is 0 Å². The van der Waals surface area contributed by atoms with Gasteiger partial charge in [-0.3, -0.25) is 4.98 Å². The number of nitrogens with zero attached hydrogens (tertiary/aromatic N) is 1. The van der Waals surface area contributed by atoms with Crippen LogP contribution in [0.2, 0.25) is 0 Å². The lowest BCUT2D eigenvalue weighted by molar-refractivity contribution is 0.218. The standard InChI is InChI=1S/C13H11F2NO/c1-8-4-10(14)2-3-12(8)13(17)9-5-11(15)7-16-6-9/h2-7,13,17H,1H3. The summed E-state index contributed by atoms with van der Waals surface area (Å²) in [6, 6.07) is 5.28. The van der Waals surface area contributed by atoms with Crippen LogP contribution in [0.5, 0.6) is 0 Å². The summed E-state index contributed by atoms with van der Waals surface area (Å²) in [5.41, 5.74) is 1.50. The Kier molecular flexibility index (Phi) is 3.15. The Morgan fingerprint density at radius 2 is 1.88 bits per heavy atom. The van der Waals surface area contributed by atoms with E-state index in [0.29, 0.717) is 16.7 Å². The number of aryl methyl sites for hydroxylation is 1. The van der Waals surface area contributed by atoms with E-state index in [4.69, 9.17) is 0 Å². The third-order valence-electron chi connectivity index (χ3n) is 2.57. The molecule has 0 amide bonds. The average molecular weight is 235 g/mol. The highest BCUT2D eigenvalue weighted by Crippen LogP contribution is 2.25. The van der Waals surface area contributed by atoms with Crippen LogP contribution >= 0.6 is 0 Å². The molecule has 17 heavy (non-hydrogen) atoms. The lowest BCUT2D eigenvalue weighted by Gasteiger charge is -2.13. The van der Waals surface area contributed by atoms with Gasteiger partial charge >= 0.3 is 0 Å². The fourth-order valence-corrected chi connectivity index (χ4v) is 1.70. The molecule has 0 saturated heterocycles. The molecule has 0 fully saturated rings. The van der Waals surface area contributed by atoms with Crippen LogP contribution in [-0.2, 0) is 0 Å². The summed E-state index contributed by atoms with van der Waals surface area (Å²) in [6.07, 6.45) is 1.45. The molecular weight excluding hydrogens is 224 g/mol. The van der Waals surface area contributed by atoms with E-state index in [9.17, 15) is 13.9 Å². The van der Waals surface area contributed by atoms with Crippen molar-refractivity contribution in [2.45, 2.75) is 13.0 Å². The van der Waals surface area contributed by atoms with Gasteiger partial charge in [0.2, 0.25) is 0 Å². The summed E-state index contributed by atoms with van der Waals surface area (Å²) in [5, 5.41) is 10.1. The minimum absolute atomic E-state index is 0.347. The normalized spacial score (nSPS) is 12.5. The lowest BCUT2D eigenvalue weighted by Crippen LogP contribution is -2.03. The van der Waals surface area contributed by atoms with Gasteiger partial charge in [-0.25, -0.2) is 8.78 Å². The van der Waals surface area contributed by atoms with E-state index < -0.39 is 11.9 Å². The van der Waals surface area contributed by atoms with Crippen LogP contribution in [0, 0.1) is 18.6 Å². The van der Waals surface area contributed by atoms with E-state index in [2.05, 4.69) is 4.98 Å². The molecule has 1 atom stereocenters. The minimum Gasteiger partial charge on any atom is -0.384 e. The van der Waals surface area contributed by atoms with Crippen LogP contribution in [0.3, 0.4) is 0 Å². The number of hydrogen-bond acceptors (Lipinski definition) is 2. The van der Waals surface area contributed by atoms with Gasteiger partial charge < -0.3 is 5.11 Å². The zero-order valence-corrected chi connectivity index (χ0v) is 9.19. The monoisotopic (exact) mass is 235 g/mol. The highest BCUT2D eigenvalue weighted by molar-refractivity contribution is 5.34. The first-order valence-corrected chi connectivity index (χ1v) is 5.12. The predicted octanol–water partition coefficient (Wildman–Crippen LogP) is 2.75. The lowest BCUT2D eigenvalue weighted by atomic mass is 9.98. The van der Waals surface area contributed by atoms with Gasteiger partial charge in [0.25, 0.3) is 0 Å². The molecule has 4 heteroatoms. The highest BCUT2D eigenvalue weighted by Gasteiger charge is 2.14. The van der Waals surface area contributed by atoms with Gasteiger partial charge in [-0.1, -0.05) is 6.07 Å². The van der Waals surface area contributed by atoms with E-state index in [1.54, 1.807) is 6.92 Å². The number of rotatable bonds is 2. The predicted molar refractivity (Wildman–Crippen MR) is 59.4 cm³/mol. The second-order valence-electron chi connectivity index (χ2n) is 3.84. The first kappa shape index (κ1) is 11.7. The molecule has 1 aromatic carbocycles. The summed E-state index contributed by atoms with van der Waals surface area (Å²) in [7, 11) is 0. The zero-order valence-electron chi connectivity index (χ0n) is 9.19. The maximum atomic E-state index is 13.0. The number of aliphatic hydroxyl groups excluding tert-OH is 1. The van der Waals surface area contributed by atoms with Crippen LogP contribution in [-0.4, -0.2) is 10.1 Å². The smallest absolute Gasteiger partial charge is 0.141 e. The molecule has 0 bridgehead atoms. The van der Waals surface area contributed by atoms with E-state index in [-0.39, 0.29) is 5.82 Å². The van der Waals surface area contributed by atoms with Crippen molar-refractivity contribution >= 4 is 0 Å². The van der Waals surface area contributed by atoms with E-state index in [1.165, 1.54) is 30.5 Å². The first-order chi connectivity index (χ1) is 8.08. The van der Waals surface area contributed by atoms with Gasteiger partial charge in [0.05, 0.1) is 6.20 Å².